The predicted octanol–water partition coefficient (Wildman–Crippen LogP) is 1.74. The van der Waals surface area contributed by atoms with E-state index in [0.717, 1.165) is 5.56 Å². The zero-order chi connectivity index (χ0) is 12.1. The van der Waals surface area contributed by atoms with Crippen LogP contribution in [0, 0.1) is 5.82 Å². The van der Waals surface area contributed by atoms with Crippen molar-refractivity contribution in [3.63, 3.8) is 0 Å². The first kappa shape index (κ1) is 12.6. The average Bonchev–Trinajstić information content (AvgIpc) is 2.28. The maximum atomic E-state index is 12.7. The Balaban J connectivity index is 2.62. The monoisotopic (exact) mass is 224 g/mol. The number of nitrogens with one attached hydrogen (secondary N) is 1. The molecule has 0 fully saturated rings. The van der Waals surface area contributed by atoms with Gasteiger partial charge < -0.3 is 11.1 Å². The van der Waals surface area contributed by atoms with E-state index >= 15 is 0 Å². The minimum Gasteiger partial charge on any atom is -0.348 e. The second-order valence-corrected chi connectivity index (χ2v) is 3.80. The van der Waals surface area contributed by atoms with Gasteiger partial charge in [0.1, 0.15) is 5.82 Å². The van der Waals surface area contributed by atoms with E-state index in [1.807, 2.05) is 13.8 Å². The summed E-state index contributed by atoms with van der Waals surface area (Å²) in [4.78, 5) is 11.5. The summed E-state index contributed by atoms with van der Waals surface area (Å²) in [6, 6.07) is 5.40. The van der Waals surface area contributed by atoms with E-state index < -0.39 is 6.04 Å². The summed E-state index contributed by atoms with van der Waals surface area (Å²) < 4.78 is 12.7. The van der Waals surface area contributed by atoms with Crippen molar-refractivity contribution in [3.8, 4) is 0 Å². The van der Waals surface area contributed by atoms with Gasteiger partial charge in [-0.2, -0.15) is 0 Å². The summed E-state index contributed by atoms with van der Waals surface area (Å²) in [5.74, 6) is -0.466. The molecule has 0 aliphatic rings. The molecule has 2 atom stereocenters. The SMILES string of the molecule is CC[C@@H](N)C(=O)N[C@@H](C)c1ccc(F)cc1. The summed E-state index contributed by atoms with van der Waals surface area (Å²) in [6.07, 6.45) is 0.599. The molecule has 88 valence electrons. The van der Waals surface area contributed by atoms with Crippen molar-refractivity contribution < 1.29 is 9.18 Å². The summed E-state index contributed by atoms with van der Waals surface area (Å²) >= 11 is 0. The van der Waals surface area contributed by atoms with Crippen LogP contribution in [0.15, 0.2) is 24.3 Å². The van der Waals surface area contributed by atoms with Gasteiger partial charge in [-0.15, -0.1) is 0 Å². The van der Waals surface area contributed by atoms with Crippen LogP contribution >= 0.6 is 0 Å². The number of nitrogens with two attached hydrogens (primary N) is 1. The molecule has 0 aliphatic heterocycles. The van der Waals surface area contributed by atoms with Gasteiger partial charge in [-0.25, -0.2) is 4.39 Å². The normalized spacial score (nSPS) is 14.2. The van der Waals surface area contributed by atoms with E-state index in [9.17, 15) is 9.18 Å². The van der Waals surface area contributed by atoms with Crippen LogP contribution in [0.4, 0.5) is 4.39 Å². The molecule has 0 heterocycles. The zero-order valence-corrected chi connectivity index (χ0v) is 9.53. The third-order valence-electron chi connectivity index (χ3n) is 2.51. The van der Waals surface area contributed by atoms with E-state index in [-0.39, 0.29) is 17.8 Å². The first-order chi connectivity index (χ1) is 7.54. The lowest BCUT2D eigenvalue weighted by molar-refractivity contribution is -0.123. The Morgan fingerprint density at radius 1 is 1.44 bits per heavy atom. The van der Waals surface area contributed by atoms with Crippen molar-refractivity contribution in [1.29, 1.82) is 0 Å². The number of carbonyl (C=O) groups is 1. The van der Waals surface area contributed by atoms with Crippen LogP contribution in [0.3, 0.4) is 0 Å². The summed E-state index contributed by atoms with van der Waals surface area (Å²) in [5.41, 5.74) is 6.45. The van der Waals surface area contributed by atoms with Crippen molar-refractivity contribution in [3.05, 3.63) is 35.6 Å². The molecule has 16 heavy (non-hydrogen) atoms. The number of rotatable bonds is 4. The molecular formula is C12H17FN2O. The number of benzene rings is 1. The second-order valence-electron chi connectivity index (χ2n) is 3.80. The van der Waals surface area contributed by atoms with Gasteiger partial charge in [-0.3, -0.25) is 4.79 Å². The quantitative estimate of drug-likeness (QED) is 0.818. The third kappa shape index (κ3) is 3.31. The lowest BCUT2D eigenvalue weighted by Crippen LogP contribution is -2.41. The molecule has 0 aliphatic carbocycles. The second kappa shape index (κ2) is 5.61. The summed E-state index contributed by atoms with van der Waals surface area (Å²) in [6.45, 7) is 3.69. The average molecular weight is 224 g/mol. The molecule has 0 saturated heterocycles. The molecule has 4 heteroatoms. The molecule has 1 aromatic carbocycles. The van der Waals surface area contributed by atoms with Crippen LogP contribution < -0.4 is 11.1 Å². The summed E-state index contributed by atoms with van der Waals surface area (Å²) in [7, 11) is 0. The first-order valence-electron chi connectivity index (χ1n) is 5.36. The summed E-state index contributed by atoms with van der Waals surface area (Å²) in [5, 5.41) is 2.78. The molecule has 0 unspecified atom stereocenters. The van der Waals surface area contributed by atoms with Gasteiger partial charge in [0.2, 0.25) is 5.91 Å². The van der Waals surface area contributed by atoms with Crippen molar-refractivity contribution in [2.45, 2.75) is 32.4 Å². The molecule has 1 amide bonds. The Morgan fingerprint density at radius 2 is 2.00 bits per heavy atom. The van der Waals surface area contributed by atoms with Gasteiger partial charge in [-0.1, -0.05) is 19.1 Å². The van der Waals surface area contributed by atoms with Gasteiger partial charge in [0, 0.05) is 0 Å². The van der Waals surface area contributed by atoms with Crippen molar-refractivity contribution in [2.75, 3.05) is 0 Å². The fourth-order valence-electron chi connectivity index (χ4n) is 1.34. The van der Waals surface area contributed by atoms with Crippen molar-refractivity contribution >= 4 is 5.91 Å². The Labute approximate surface area is 94.8 Å². The third-order valence-corrected chi connectivity index (χ3v) is 2.51. The molecule has 1 rings (SSSR count). The highest BCUT2D eigenvalue weighted by molar-refractivity contribution is 5.81. The lowest BCUT2D eigenvalue weighted by atomic mass is 10.1. The zero-order valence-electron chi connectivity index (χ0n) is 9.53. The predicted molar refractivity (Wildman–Crippen MR) is 61.2 cm³/mol. The van der Waals surface area contributed by atoms with Gasteiger partial charge in [-0.05, 0) is 31.0 Å². The van der Waals surface area contributed by atoms with Crippen LogP contribution in [0.5, 0.6) is 0 Å². The van der Waals surface area contributed by atoms with E-state index in [4.69, 9.17) is 5.73 Å². The van der Waals surface area contributed by atoms with Gasteiger partial charge in [0.15, 0.2) is 0 Å². The molecule has 0 aromatic heterocycles. The fourth-order valence-corrected chi connectivity index (χ4v) is 1.34. The Kier molecular flexibility index (Phi) is 4.43. The minimum absolute atomic E-state index is 0.161. The van der Waals surface area contributed by atoms with Crippen LogP contribution in [-0.2, 0) is 4.79 Å². The largest absolute Gasteiger partial charge is 0.348 e. The molecule has 3 nitrogen and oxygen atoms in total. The van der Waals surface area contributed by atoms with Gasteiger partial charge in [0.05, 0.1) is 12.1 Å². The van der Waals surface area contributed by atoms with Gasteiger partial charge in [0.25, 0.3) is 0 Å². The Bertz CT molecular complexity index is 351. The number of hydrogen-bond acceptors (Lipinski definition) is 2. The Hall–Kier alpha value is -1.42. The fraction of sp³-hybridized carbons (Fsp3) is 0.417. The number of hydrogen-bond donors (Lipinski definition) is 2. The smallest absolute Gasteiger partial charge is 0.237 e. The molecule has 0 saturated carbocycles. The first-order valence-corrected chi connectivity index (χ1v) is 5.36. The van der Waals surface area contributed by atoms with Crippen molar-refractivity contribution in [1.82, 2.24) is 5.32 Å². The van der Waals surface area contributed by atoms with Crippen LogP contribution in [0.2, 0.25) is 0 Å². The van der Waals surface area contributed by atoms with E-state index in [0.29, 0.717) is 6.42 Å². The lowest BCUT2D eigenvalue weighted by Gasteiger charge is -2.17. The van der Waals surface area contributed by atoms with E-state index in [2.05, 4.69) is 5.32 Å². The maximum Gasteiger partial charge on any atom is 0.237 e. The molecule has 3 N–H and O–H groups in total. The molecular weight excluding hydrogens is 207 g/mol. The van der Waals surface area contributed by atoms with Crippen LogP contribution in [-0.4, -0.2) is 11.9 Å². The number of halogens is 1. The van der Waals surface area contributed by atoms with E-state index in [1.54, 1.807) is 12.1 Å². The topological polar surface area (TPSA) is 55.1 Å². The number of amides is 1. The maximum absolute atomic E-state index is 12.7. The van der Waals surface area contributed by atoms with Crippen LogP contribution in [0.25, 0.3) is 0 Å². The van der Waals surface area contributed by atoms with E-state index in [1.165, 1.54) is 12.1 Å². The molecule has 0 spiro atoms. The molecule has 0 bridgehead atoms. The highest BCUT2D eigenvalue weighted by Gasteiger charge is 2.14. The highest BCUT2D eigenvalue weighted by Crippen LogP contribution is 2.12. The van der Waals surface area contributed by atoms with Crippen molar-refractivity contribution in [2.24, 2.45) is 5.73 Å². The standard InChI is InChI=1S/C12H17FN2O/c1-3-11(14)12(16)15-8(2)9-4-6-10(13)7-5-9/h4-8,11H,3,14H2,1-2H3,(H,15,16)/t8-,11+/m0/s1. The highest BCUT2D eigenvalue weighted by atomic mass is 19.1. The molecule has 1 aromatic rings. The molecule has 0 radical (unpaired) electrons. The Morgan fingerprint density at radius 3 is 2.50 bits per heavy atom. The number of carbonyl (C=O) groups excluding carboxylic acids is 1. The minimum atomic E-state index is -0.483. The van der Waals surface area contributed by atoms with Gasteiger partial charge >= 0.3 is 0 Å². The van der Waals surface area contributed by atoms with Crippen LogP contribution in [0.1, 0.15) is 31.9 Å².